The van der Waals surface area contributed by atoms with E-state index in [1.807, 2.05) is 42.2 Å². The molecular formula is C17H28ClN3O. The second kappa shape index (κ2) is 9.82. The molecule has 1 unspecified atom stereocenters. The molecule has 1 heterocycles. The second-order valence-corrected chi connectivity index (χ2v) is 5.79. The molecule has 1 aromatic rings. The Morgan fingerprint density at radius 3 is 2.73 bits per heavy atom. The smallest absolute Gasteiger partial charge is 0.241 e. The maximum absolute atomic E-state index is 12.6. The zero-order chi connectivity index (χ0) is 15.1. The molecule has 4 nitrogen and oxygen atoms in total. The van der Waals surface area contributed by atoms with E-state index in [2.05, 4.69) is 4.90 Å². The van der Waals surface area contributed by atoms with Crippen LogP contribution < -0.4 is 10.6 Å². The first kappa shape index (κ1) is 18.9. The Bertz CT molecular complexity index is 439. The van der Waals surface area contributed by atoms with Crippen LogP contribution in [0.25, 0.3) is 0 Å². The van der Waals surface area contributed by atoms with Gasteiger partial charge in [-0.05, 0) is 57.3 Å². The van der Waals surface area contributed by atoms with Gasteiger partial charge < -0.3 is 10.6 Å². The first-order chi connectivity index (χ1) is 10.2. The molecule has 124 valence electrons. The van der Waals surface area contributed by atoms with Crippen LogP contribution in [0, 0.1) is 5.92 Å². The third-order valence-corrected chi connectivity index (χ3v) is 4.22. The minimum Gasteiger partial charge on any atom is -0.330 e. The topological polar surface area (TPSA) is 49.6 Å². The lowest BCUT2D eigenvalue weighted by Crippen LogP contribution is -2.44. The van der Waals surface area contributed by atoms with Gasteiger partial charge >= 0.3 is 0 Å². The van der Waals surface area contributed by atoms with Crippen LogP contribution in [-0.4, -0.2) is 43.5 Å². The number of nitrogens with two attached hydrogens (primary N) is 1. The van der Waals surface area contributed by atoms with E-state index in [0.29, 0.717) is 19.0 Å². The van der Waals surface area contributed by atoms with Crippen LogP contribution in [0.2, 0.25) is 0 Å². The van der Waals surface area contributed by atoms with E-state index in [4.69, 9.17) is 5.73 Å². The second-order valence-electron chi connectivity index (χ2n) is 5.79. The number of hydrogen-bond donors (Lipinski definition) is 1. The maximum Gasteiger partial charge on any atom is 0.241 e. The van der Waals surface area contributed by atoms with Gasteiger partial charge in [-0.2, -0.15) is 0 Å². The highest BCUT2D eigenvalue weighted by molar-refractivity contribution is 5.94. The Balaban J connectivity index is 0.00000242. The normalized spacial score (nSPS) is 18.5. The highest BCUT2D eigenvalue weighted by Crippen LogP contribution is 2.20. The SMILES string of the molecule is CCN(C(=O)CN1CCCC(CCN)C1)c1ccccc1.Cl. The molecule has 1 saturated heterocycles. The van der Waals surface area contributed by atoms with Crippen molar-refractivity contribution in [2.45, 2.75) is 26.2 Å². The van der Waals surface area contributed by atoms with Gasteiger partial charge in [-0.3, -0.25) is 9.69 Å². The summed E-state index contributed by atoms with van der Waals surface area (Å²) in [4.78, 5) is 16.7. The van der Waals surface area contributed by atoms with Crippen molar-refractivity contribution in [2.24, 2.45) is 11.7 Å². The van der Waals surface area contributed by atoms with Crippen LogP contribution in [0.4, 0.5) is 5.69 Å². The Kier molecular flexibility index (Phi) is 8.46. The summed E-state index contributed by atoms with van der Waals surface area (Å²) in [6.45, 7) is 6.04. The summed E-state index contributed by atoms with van der Waals surface area (Å²) in [6, 6.07) is 9.92. The van der Waals surface area contributed by atoms with Crippen molar-refractivity contribution in [3.63, 3.8) is 0 Å². The summed E-state index contributed by atoms with van der Waals surface area (Å²) in [7, 11) is 0. The van der Waals surface area contributed by atoms with E-state index in [1.54, 1.807) is 0 Å². The predicted molar refractivity (Wildman–Crippen MR) is 94.6 cm³/mol. The van der Waals surface area contributed by atoms with Gasteiger partial charge in [0.1, 0.15) is 0 Å². The number of halogens is 1. The maximum atomic E-state index is 12.6. The van der Waals surface area contributed by atoms with Gasteiger partial charge in [0.15, 0.2) is 0 Å². The molecule has 1 amide bonds. The molecule has 1 aliphatic heterocycles. The van der Waals surface area contributed by atoms with Crippen molar-refractivity contribution in [2.75, 3.05) is 37.6 Å². The number of piperidine rings is 1. The summed E-state index contributed by atoms with van der Waals surface area (Å²) >= 11 is 0. The third-order valence-electron chi connectivity index (χ3n) is 4.22. The number of amides is 1. The molecule has 0 saturated carbocycles. The number of likely N-dealkylation sites (tertiary alicyclic amines) is 1. The van der Waals surface area contributed by atoms with E-state index in [9.17, 15) is 4.79 Å². The molecule has 0 radical (unpaired) electrons. The molecular weight excluding hydrogens is 298 g/mol. The number of carbonyl (C=O) groups is 1. The van der Waals surface area contributed by atoms with Crippen molar-refractivity contribution >= 4 is 24.0 Å². The van der Waals surface area contributed by atoms with E-state index < -0.39 is 0 Å². The molecule has 2 N–H and O–H groups in total. The van der Waals surface area contributed by atoms with Gasteiger partial charge in [0.05, 0.1) is 6.54 Å². The van der Waals surface area contributed by atoms with Crippen LogP contribution in [-0.2, 0) is 4.79 Å². The lowest BCUT2D eigenvalue weighted by Gasteiger charge is -2.33. The molecule has 0 spiro atoms. The minimum absolute atomic E-state index is 0. The van der Waals surface area contributed by atoms with Gasteiger partial charge in [0, 0.05) is 18.8 Å². The lowest BCUT2D eigenvalue weighted by atomic mass is 9.95. The number of anilines is 1. The molecule has 1 atom stereocenters. The largest absolute Gasteiger partial charge is 0.330 e. The van der Waals surface area contributed by atoms with E-state index in [-0.39, 0.29) is 18.3 Å². The molecule has 1 aliphatic rings. The number of carbonyl (C=O) groups excluding carboxylic acids is 1. The molecule has 1 fully saturated rings. The van der Waals surface area contributed by atoms with Crippen LogP contribution in [0.5, 0.6) is 0 Å². The van der Waals surface area contributed by atoms with Crippen molar-refractivity contribution in [3.05, 3.63) is 30.3 Å². The van der Waals surface area contributed by atoms with Crippen molar-refractivity contribution < 1.29 is 4.79 Å². The van der Waals surface area contributed by atoms with E-state index >= 15 is 0 Å². The first-order valence-electron chi connectivity index (χ1n) is 8.02. The van der Waals surface area contributed by atoms with Crippen LogP contribution >= 0.6 is 12.4 Å². The fourth-order valence-corrected chi connectivity index (χ4v) is 3.15. The molecule has 0 aromatic heterocycles. The van der Waals surface area contributed by atoms with E-state index in [1.165, 1.54) is 12.8 Å². The molecule has 2 rings (SSSR count). The third kappa shape index (κ3) is 5.27. The standard InChI is InChI=1S/C17H27N3O.ClH/c1-2-20(16-8-4-3-5-9-16)17(21)14-19-12-6-7-15(13-19)10-11-18;/h3-5,8-9,15H,2,6-7,10-14,18H2,1H3;1H. The molecule has 1 aromatic carbocycles. The van der Waals surface area contributed by atoms with Gasteiger partial charge in [0.25, 0.3) is 0 Å². The summed E-state index contributed by atoms with van der Waals surface area (Å²) in [6.07, 6.45) is 3.49. The number of likely N-dealkylation sites (N-methyl/N-ethyl adjacent to an activating group) is 1. The number of para-hydroxylation sites is 1. The summed E-state index contributed by atoms with van der Waals surface area (Å²) in [5.74, 6) is 0.848. The fraction of sp³-hybridized carbons (Fsp3) is 0.588. The number of benzene rings is 1. The van der Waals surface area contributed by atoms with Gasteiger partial charge in [0.2, 0.25) is 5.91 Å². The lowest BCUT2D eigenvalue weighted by molar-refractivity contribution is -0.120. The summed E-state index contributed by atoms with van der Waals surface area (Å²) in [5, 5.41) is 0. The Hall–Kier alpha value is -1.10. The van der Waals surface area contributed by atoms with Gasteiger partial charge in [-0.15, -0.1) is 12.4 Å². The zero-order valence-corrected chi connectivity index (χ0v) is 14.2. The first-order valence-corrected chi connectivity index (χ1v) is 8.02. The predicted octanol–water partition coefficient (Wildman–Crippen LogP) is 2.52. The van der Waals surface area contributed by atoms with E-state index in [0.717, 1.165) is 31.7 Å². The summed E-state index contributed by atoms with van der Waals surface area (Å²) < 4.78 is 0. The zero-order valence-electron chi connectivity index (χ0n) is 13.4. The Labute approximate surface area is 140 Å². The van der Waals surface area contributed by atoms with Crippen molar-refractivity contribution in [1.29, 1.82) is 0 Å². The van der Waals surface area contributed by atoms with Crippen LogP contribution in [0.15, 0.2) is 30.3 Å². The highest BCUT2D eigenvalue weighted by Gasteiger charge is 2.23. The quantitative estimate of drug-likeness (QED) is 0.874. The van der Waals surface area contributed by atoms with Gasteiger partial charge in [-0.25, -0.2) is 0 Å². The summed E-state index contributed by atoms with van der Waals surface area (Å²) in [5.41, 5.74) is 6.64. The molecule has 22 heavy (non-hydrogen) atoms. The van der Waals surface area contributed by atoms with Crippen molar-refractivity contribution in [3.8, 4) is 0 Å². The Morgan fingerprint density at radius 2 is 2.09 bits per heavy atom. The number of hydrogen-bond acceptors (Lipinski definition) is 3. The van der Waals surface area contributed by atoms with Gasteiger partial charge in [-0.1, -0.05) is 18.2 Å². The molecule has 0 bridgehead atoms. The average Bonchev–Trinajstić information content (AvgIpc) is 2.50. The molecule has 5 heteroatoms. The van der Waals surface area contributed by atoms with Crippen LogP contribution in [0.1, 0.15) is 26.2 Å². The number of rotatable bonds is 6. The fourth-order valence-electron chi connectivity index (χ4n) is 3.15. The Morgan fingerprint density at radius 1 is 1.36 bits per heavy atom. The average molecular weight is 326 g/mol. The van der Waals surface area contributed by atoms with Crippen molar-refractivity contribution in [1.82, 2.24) is 4.90 Å². The minimum atomic E-state index is 0. The highest BCUT2D eigenvalue weighted by atomic mass is 35.5. The monoisotopic (exact) mass is 325 g/mol. The van der Waals surface area contributed by atoms with Crippen LogP contribution in [0.3, 0.4) is 0 Å². The molecule has 0 aliphatic carbocycles. The number of nitrogens with zero attached hydrogens (tertiary/aromatic N) is 2.